The second-order valence-electron chi connectivity index (χ2n) is 12.1. The summed E-state index contributed by atoms with van der Waals surface area (Å²) in [6.45, 7) is 0. The molecule has 9 aromatic rings. The molecule has 0 aliphatic carbocycles. The van der Waals surface area contributed by atoms with E-state index in [4.69, 9.17) is 13.3 Å². The summed E-state index contributed by atoms with van der Waals surface area (Å²) in [5.74, 6) is 0. The van der Waals surface area contributed by atoms with E-state index in [0.717, 1.165) is 15.9 Å². The van der Waals surface area contributed by atoms with Crippen molar-refractivity contribution in [3.63, 3.8) is 0 Å². The van der Waals surface area contributed by atoms with Crippen LogP contribution in [-0.2, 0) is 30.4 Å². The van der Waals surface area contributed by atoms with Gasteiger partial charge in [0.15, 0.2) is 0 Å². The lowest BCUT2D eigenvalue weighted by Crippen LogP contribution is -2.20. The van der Waals surface area contributed by atoms with Crippen LogP contribution in [0.25, 0.3) is 65.8 Å². The van der Waals surface area contributed by atoms with Crippen molar-refractivity contribution in [3.8, 4) is 0 Å². The maximum absolute atomic E-state index is 12.0. The lowest BCUT2D eigenvalue weighted by Gasteiger charge is -2.20. The fourth-order valence-corrected chi connectivity index (χ4v) is 10.4. The smallest absolute Gasteiger partial charge is 0.294 e. The van der Waals surface area contributed by atoms with Crippen LogP contribution >= 0.6 is 7.92 Å². The molecule has 52 heavy (non-hydrogen) atoms. The fourth-order valence-electron chi connectivity index (χ4n) is 6.58. The van der Waals surface area contributed by atoms with Gasteiger partial charge in [-0.05, 0) is 115 Å². The molecule has 0 unspecified atom stereocenters. The first kappa shape index (κ1) is 32.8. The molecule has 0 aliphatic rings. The van der Waals surface area contributed by atoms with E-state index in [1.54, 1.807) is 18.2 Å². The first-order valence-electron chi connectivity index (χ1n) is 15.2. The van der Waals surface area contributed by atoms with Gasteiger partial charge in [-0.25, -0.2) is 0 Å². The van der Waals surface area contributed by atoms with Crippen LogP contribution in [-0.4, -0.2) is 38.9 Å². The molecule has 12 nitrogen and oxygen atoms in total. The van der Waals surface area contributed by atoms with E-state index in [-0.39, 0.29) is 14.7 Å². The van der Waals surface area contributed by atoms with Crippen molar-refractivity contribution in [1.82, 2.24) is 0 Å². The van der Waals surface area contributed by atoms with Crippen LogP contribution in [0.3, 0.4) is 0 Å². The van der Waals surface area contributed by atoms with Gasteiger partial charge in [0, 0.05) is 32.3 Å². The Morgan fingerprint density at radius 3 is 0.827 bits per heavy atom. The number of fused-ring (bicyclic) bond motifs is 9. The largest absolute Gasteiger partial charge is 0.456 e. The van der Waals surface area contributed by atoms with Crippen molar-refractivity contribution < 1.29 is 52.2 Å². The highest BCUT2D eigenvalue weighted by Gasteiger charge is 2.24. The molecule has 260 valence electrons. The number of rotatable bonds is 6. The predicted molar refractivity (Wildman–Crippen MR) is 196 cm³/mol. The topological polar surface area (TPSA) is 203 Å². The van der Waals surface area contributed by atoms with Crippen LogP contribution in [0.5, 0.6) is 0 Å². The first-order chi connectivity index (χ1) is 24.6. The van der Waals surface area contributed by atoms with Crippen LogP contribution in [0, 0.1) is 0 Å². The lowest BCUT2D eigenvalue weighted by molar-refractivity contribution is 0.481. The molecule has 0 amide bonds. The van der Waals surface area contributed by atoms with Crippen LogP contribution in [0.1, 0.15) is 0 Å². The van der Waals surface area contributed by atoms with E-state index in [2.05, 4.69) is 0 Å². The van der Waals surface area contributed by atoms with Crippen molar-refractivity contribution in [2.45, 2.75) is 14.7 Å². The highest BCUT2D eigenvalue weighted by molar-refractivity contribution is 7.86. The normalized spacial score (nSPS) is 13.2. The van der Waals surface area contributed by atoms with E-state index < -0.39 is 38.3 Å². The van der Waals surface area contributed by atoms with Crippen molar-refractivity contribution in [1.29, 1.82) is 0 Å². The Bertz CT molecular complexity index is 2990. The summed E-state index contributed by atoms with van der Waals surface area (Å²) in [6, 6.07) is 28.8. The minimum Gasteiger partial charge on any atom is -0.456 e. The molecule has 0 bridgehead atoms. The molecular weight excluding hydrogens is 752 g/mol. The zero-order chi connectivity index (χ0) is 36.3. The van der Waals surface area contributed by atoms with Crippen LogP contribution in [0.15, 0.2) is 137 Å². The van der Waals surface area contributed by atoms with Gasteiger partial charge >= 0.3 is 0 Å². The number of hydrogen-bond donors (Lipinski definition) is 3. The SMILES string of the molecule is O=S(=O)(O)c1ccc2oc3ccc(P(c4ccc5oc6ccc(S(=O)(=O)O)cc6c5c4)c4ccc5oc6ccc(S(=O)(=O)O)cc6c5c4)cc3c2c1. The average molecular weight is 773 g/mol. The van der Waals surface area contributed by atoms with Crippen LogP contribution < -0.4 is 15.9 Å². The minimum atomic E-state index is -4.51. The van der Waals surface area contributed by atoms with Crippen molar-refractivity contribution in [2.75, 3.05) is 0 Å². The molecule has 16 heteroatoms. The molecule has 0 aliphatic heterocycles. The van der Waals surface area contributed by atoms with Crippen molar-refractivity contribution in [2.24, 2.45) is 0 Å². The Morgan fingerprint density at radius 2 is 0.577 bits per heavy atom. The zero-order valence-electron chi connectivity index (χ0n) is 26.1. The molecule has 0 fully saturated rings. The summed E-state index contributed by atoms with van der Waals surface area (Å²) in [7, 11) is -15.0. The summed E-state index contributed by atoms with van der Waals surface area (Å²) in [6.07, 6.45) is 0. The van der Waals surface area contributed by atoms with Gasteiger partial charge in [-0.1, -0.05) is 18.2 Å². The summed E-state index contributed by atoms with van der Waals surface area (Å²) < 4.78 is 119. The minimum absolute atomic E-state index is 0.293. The van der Waals surface area contributed by atoms with Gasteiger partial charge in [0.25, 0.3) is 30.4 Å². The van der Waals surface area contributed by atoms with Gasteiger partial charge in [-0.2, -0.15) is 25.3 Å². The molecule has 9 rings (SSSR count). The predicted octanol–water partition coefficient (Wildman–Crippen LogP) is 6.88. The van der Waals surface area contributed by atoms with E-state index in [9.17, 15) is 38.9 Å². The Morgan fingerprint density at radius 1 is 0.346 bits per heavy atom. The van der Waals surface area contributed by atoms with E-state index in [1.807, 2.05) is 36.4 Å². The van der Waals surface area contributed by atoms with Gasteiger partial charge in [-0.15, -0.1) is 0 Å². The summed E-state index contributed by atoms with van der Waals surface area (Å²) in [5.41, 5.74) is 2.65. The standard InChI is InChI=1S/C36H21O12PS3/c37-50(38,39)22-4-10-34-28(16-22)25-13-19(1-7-31(25)46-34)49(20-2-8-32-26(14-20)29-17-23(51(40,41)42)5-11-35(29)47-32)21-3-9-33-27(15-21)30-18-24(52(43,44)45)6-12-36(30)48-33/h1-18H,(H,37,38,39)(H,40,41,42)(H,43,44,45). The fraction of sp³-hybridized carbons (Fsp3) is 0. The molecule has 3 aromatic heterocycles. The van der Waals surface area contributed by atoms with Gasteiger partial charge < -0.3 is 13.3 Å². The molecule has 0 radical (unpaired) electrons. The quantitative estimate of drug-likeness (QED) is 0.117. The summed E-state index contributed by atoms with van der Waals surface area (Å²) >= 11 is 0. The highest BCUT2D eigenvalue weighted by atomic mass is 32.2. The molecule has 6 aromatic carbocycles. The van der Waals surface area contributed by atoms with Gasteiger partial charge in [0.05, 0.1) is 14.7 Å². The number of furan rings is 3. The third-order valence-corrected chi connectivity index (χ3v) is 13.9. The van der Waals surface area contributed by atoms with E-state index >= 15 is 0 Å². The zero-order valence-corrected chi connectivity index (χ0v) is 29.4. The molecule has 0 saturated carbocycles. The molecule has 3 N–H and O–H groups in total. The number of hydrogen-bond acceptors (Lipinski definition) is 9. The second-order valence-corrected chi connectivity index (χ2v) is 18.6. The third kappa shape index (κ3) is 5.37. The Labute approximate surface area is 294 Å². The monoisotopic (exact) mass is 772 g/mol. The number of benzene rings is 6. The van der Waals surface area contributed by atoms with Crippen LogP contribution in [0.4, 0.5) is 0 Å². The maximum Gasteiger partial charge on any atom is 0.294 e. The molecule has 0 atom stereocenters. The van der Waals surface area contributed by atoms with Gasteiger partial charge in [-0.3, -0.25) is 13.7 Å². The Balaban J connectivity index is 1.31. The van der Waals surface area contributed by atoms with Gasteiger partial charge in [0.1, 0.15) is 33.5 Å². The van der Waals surface area contributed by atoms with E-state index in [0.29, 0.717) is 65.8 Å². The highest BCUT2D eigenvalue weighted by Crippen LogP contribution is 2.41. The summed E-state index contributed by atoms with van der Waals surface area (Å²) in [5, 5.41) is 5.53. The molecule has 3 heterocycles. The average Bonchev–Trinajstić information content (AvgIpc) is 3.77. The van der Waals surface area contributed by atoms with Crippen LogP contribution in [0.2, 0.25) is 0 Å². The van der Waals surface area contributed by atoms with E-state index in [1.165, 1.54) is 54.6 Å². The Hall–Kier alpha value is -5.12. The summed E-state index contributed by atoms with van der Waals surface area (Å²) in [4.78, 5) is -0.879. The maximum atomic E-state index is 12.0. The van der Waals surface area contributed by atoms with Crippen molar-refractivity contribution >= 4 is 120 Å². The van der Waals surface area contributed by atoms with Gasteiger partial charge in [0.2, 0.25) is 0 Å². The Kier molecular flexibility index (Phi) is 7.05. The molecular formula is C36H21O12PS3. The lowest BCUT2D eigenvalue weighted by atomic mass is 10.1. The molecule has 0 saturated heterocycles. The molecule has 0 spiro atoms. The van der Waals surface area contributed by atoms with Crippen molar-refractivity contribution in [3.05, 3.63) is 109 Å². The third-order valence-electron chi connectivity index (χ3n) is 8.94. The first-order valence-corrected chi connectivity index (χ1v) is 20.9. The second kappa shape index (κ2) is 11.2.